The van der Waals surface area contributed by atoms with Crippen molar-refractivity contribution < 1.29 is 8.42 Å². The highest BCUT2D eigenvalue weighted by Crippen LogP contribution is 2.16. The van der Waals surface area contributed by atoms with Crippen molar-refractivity contribution in [2.75, 3.05) is 23.6 Å². The van der Waals surface area contributed by atoms with Gasteiger partial charge in [0.05, 0.1) is 5.75 Å². The molecule has 0 aliphatic heterocycles. The molecule has 0 aliphatic carbocycles. The van der Waals surface area contributed by atoms with Crippen molar-refractivity contribution in [1.82, 2.24) is 15.5 Å². The summed E-state index contributed by atoms with van der Waals surface area (Å²) >= 11 is 1.27. The first-order valence-electron chi connectivity index (χ1n) is 5.11. The number of nitrogens with one attached hydrogen (secondary N) is 2. The predicted octanol–water partition coefficient (Wildman–Crippen LogP) is 0.452. The van der Waals surface area contributed by atoms with Crippen LogP contribution in [0.25, 0.3) is 0 Å². The minimum Gasteiger partial charge on any atom is -0.316 e. The molecule has 1 rings (SSSR count). The SMILES string of the molecule is CCNCCS(=O)(=O)Nc1nnc(CC)s1. The molecule has 0 amide bonds. The molecule has 92 valence electrons. The fourth-order valence-corrected chi connectivity index (χ4v) is 2.91. The smallest absolute Gasteiger partial charge is 0.235 e. The molecule has 1 aromatic rings. The first kappa shape index (κ1) is 13.3. The van der Waals surface area contributed by atoms with E-state index in [1.54, 1.807) is 0 Å². The number of sulfonamides is 1. The lowest BCUT2D eigenvalue weighted by molar-refractivity contribution is 0.597. The average molecular weight is 264 g/mol. The van der Waals surface area contributed by atoms with E-state index in [1.165, 1.54) is 11.3 Å². The largest absolute Gasteiger partial charge is 0.316 e. The molecule has 0 atom stereocenters. The van der Waals surface area contributed by atoms with Gasteiger partial charge in [0.25, 0.3) is 0 Å². The van der Waals surface area contributed by atoms with Crippen LogP contribution in [0.2, 0.25) is 0 Å². The van der Waals surface area contributed by atoms with Gasteiger partial charge >= 0.3 is 0 Å². The Labute approximate surface area is 99.5 Å². The Hall–Kier alpha value is -0.730. The predicted molar refractivity (Wildman–Crippen MR) is 65.2 cm³/mol. The zero-order valence-electron chi connectivity index (χ0n) is 9.36. The van der Waals surface area contributed by atoms with Crippen molar-refractivity contribution >= 4 is 26.5 Å². The summed E-state index contributed by atoms with van der Waals surface area (Å²) in [6, 6.07) is 0. The Balaban J connectivity index is 2.51. The maximum atomic E-state index is 11.6. The van der Waals surface area contributed by atoms with E-state index in [-0.39, 0.29) is 5.75 Å². The molecule has 0 saturated carbocycles. The van der Waals surface area contributed by atoms with Gasteiger partial charge in [-0.3, -0.25) is 4.72 Å². The maximum Gasteiger partial charge on any atom is 0.235 e. The summed E-state index contributed by atoms with van der Waals surface area (Å²) in [4.78, 5) is 0. The van der Waals surface area contributed by atoms with Crippen LogP contribution >= 0.6 is 11.3 Å². The highest BCUT2D eigenvalue weighted by molar-refractivity contribution is 7.92. The standard InChI is InChI=1S/C8H16N4O2S2/c1-3-7-10-11-8(15-7)12-16(13,14)6-5-9-4-2/h9H,3-6H2,1-2H3,(H,11,12). The summed E-state index contributed by atoms with van der Waals surface area (Å²) in [6.45, 7) is 5.07. The molecular weight excluding hydrogens is 248 g/mol. The molecule has 6 nitrogen and oxygen atoms in total. The Morgan fingerprint density at radius 3 is 2.62 bits per heavy atom. The van der Waals surface area contributed by atoms with Crippen LogP contribution in [-0.2, 0) is 16.4 Å². The van der Waals surface area contributed by atoms with Crippen LogP contribution in [0.15, 0.2) is 0 Å². The average Bonchev–Trinajstić information content (AvgIpc) is 2.65. The lowest BCUT2D eigenvalue weighted by atomic mass is 10.5. The first-order chi connectivity index (χ1) is 7.57. The summed E-state index contributed by atoms with van der Waals surface area (Å²) < 4.78 is 25.5. The zero-order chi connectivity index (χ0) is 12.0. The molecule has 0 bridgehead atoms. The minimum atomic E-state index is -3.31. The van der Waals surface area contributed by atoms with Gasteiger partial charge < -0.3 is 5.32 Å². The van der Waals surface area contributed by atoms with E-state index in [1.807, 2.05) is 13.8 Å². The van der Waals surface area contributed by atoms with Gasteiger partial charge in [0.15, 0.2) is 0 Å². The summed E-state index contributed by atoms with van der Waals surface area (Å²) in [7, 11) is -3.31. The number of aromatic nitrogens is 2. The molecule has 0 aromatic carbocycles. The van der Waals surface area contributed by atoms with Crippen LogP contribution in [0.4, 0.5) is 5.13 Å². The third-order valence-electron chi connectivity index (χ3n) is 1.81. The number of rotatable bonds is 7. The summed E-state index contributed by atoms with van der Waals surface area (Å²) in [6.07, 6.45) is 0.761. The quantitative estimate of drug-likeness (QED) is 0.699. The van der Waals surface area contributed by atoms with Crippen LogP contribution < -0.4 is 10.0 Å². The third kappa shape index (κ3) is 4.42. The lowest BCUT2D eigenvalue weighted by Gasteiger charge is -2.04. The van der Waals surface area contributed by atoms with Crippen molar-refractivity contribution in [3.63, 3.8) is 0 Å². The van der Waals surface area contributed by atoms with Gasteiger partial charge in [0.1, 0.15) is 5.01 Å². The van der Waals surface area contributed by atoms with Crippen molar-refractivity contribution in [3.8, 4) is 0 Å². The highest BCUT2D eigenvalue weighted by Gasteiger charge is 2.12. The van der Waals surface area contributed by atoms with Crippen LogP contribution in [0.3, 0.4) is 0 Å². The molecule has 0 aliphatic rings. The van der Waals surface area contributed by atoms with Gasteiger partial charge in [-0.15, -0.1) is 10.2 Å². The minimum absolute atomic E-state index is 0.0435. The molecule has 0 fully saturated rings. The van der Waals surface area contributed by atoms with Gasteiger partial charge in [-0.25, -0.2) is 8.42 Å². The van der Waals surface area contributed by atoms with Gasteiger partial charge in [0.2, 0.25) is 15.2 Å². The van der Waals surface area contributed by atoms with Gasteiger partial charge in [-0.2, -0.15) is 0 Å². The molecular formula is C8H16N4O2S2. The highest BCUT2D eigenvalue weighted by atomic mass is 32.2. The van der Waals surface area contributed by atoms with E-state index in [0.29, 0.717) is 11.7 Å². The topological polar surface area (TPSA) is 84.0 Å². The maximum absolute atomic E-state index is 11.6. The molecule has 0 unspecified atom stereocenters. The number of hydrogen-bond donors (Lipinski definition) is 2. The Morgan fingerprint density at radius 1 is 1.31 bits per heavy atom. The number of nitrogens with zero attached hydrogens (tertiary/aromatic N) is 2. The molecule has 1 aromatic heterocycles. The molecule has 0 spiro atoms. The Morgan fingerprint density at radius 2 is 2.06 bits per heavy atom. The van der Waals surface area contributed by atoms with E-state index >= 15 is 0 Å². The van der Waals surface area contributed by atoms with E-state index in [4.69, 9.17) is 0 Å². The van der Waals surface area contributed by atoms with Crippen molar-refractivity contribution in [3.05, 3.63) is 5.01 Å². The van der Waals surface area contributed by atoms with Gasteiger partial charge in [-0.05, 0) is 13.0 Å². The van der Waals surface area contributed by atoms with E-state index < -0.39 is 10.0 Å². The van der Waals surface area contributed by atoms with E-state index in [9.17, 15) is 8.42 Å². The summed E-state index contributed by atoms with van der Waals surface area (Å²) in [5, 5.41) is 11.7. The van der Waals surface area contributed by atoms with E-state index in [0.717, 1.165) is 18.0 Å². The second-order valence-electron chi connectivity index (χ2n) is 3.13. The van der Waals surface area contributed by atoms with Crippen LogP contribution in [0.5, 0.6) is 0 Å². The van der Waals surface area contributed by atoms with Gasteiger partial charge in [0, 0.05) is 6.54 Å². The Kier molecular flexibility index (Phi) is 5.10. The number of aryl methyl sites for hydroxylation is 1. The monoisotopic (exact) mass is 264 g/mol. The fraction of sp³-hybridized carbons (Fsp3) is 0.750. The zero-order valence-corrected chi connectivity index (χ0v) is 11.0. The third-order valence-corrected chi connectivity index (χ3v) is 4.17. The van der Waals surface area contributed by atoms with Crippen molar-refractivity contribution in [2.24, 2.45) is 0 Å². The molecule has 8 heteroatoms. The lowest BCUT2D eigenvalue weighted by Crippen LogP contribution is -2.26. The second kappa shape index (κ2) is 6.12. The molecule has 2 N–H and O–H groups in total. The molecule has 16 heavy (non-hydrogen) atoms. The molecule has 1 heterocycles. The molecule has 0 saturated heterocycles. The van der Waals surface area contributed by atoms with Gasteiger partial charge in [-0.1, -0.05) is 25.2 Å². The second-order valence-corrected chi connectivity index (χ2v) is 6.03. The van der Waals surface area contributed by atoms with Crippen LogP contribution in [-0.4, -0.2) is 37.5 Å². The summed E-state index contributed by atoms with van der Waals surface area (Å²) in [5.74, 6) is 0.0435. The fourth-order valence-electron chi connectivity index (χ4n) is 1.01. The number of anilines is 1. The summed E-state index contributed by atoms with van der Waals surface area (Å²) in [5.41, 5.74) is 0. The van der Waals surface area contributed by atoms with E-state index in [2.05, 4.69) is 20.2 Å². The number of hydrogen-bond acceptors (Lipinski definition) is 6. The van der Waals surface area contributed by atoms with Crippen molar-refractivity contribution in [1.29, 1.82) is 0 Å². The molecule has 0 radical (unpaired) electrons. The Bertz CT molecular complexity index is 415. The van der Waals surface area contributed by atoms with Crippen molar-refractivity contribution in [2.45, 2.75) is 20.3 Å². The van der Waals surface area contributed by atoms with Crippen LogP contribution in [0.1, 0.15) is 18.9 Å². The first-order valence-corrected chi connectivity index (χ1v) is 7.58. The normalized spacial score (nSPS) is 11.6. The van der Waals surface area contributed by atoms with Crippen LogP contribution in [0, 0.1) is 0 Å².